The second-order valence-electron chi connectivity index (χ2n) is 14.4. The molecule has 0 unspecified atom stereocenters. The number of rotatable bonds is 5. The summed E-state index contributed by atoms with van der Waals surface area (Å²) in [6.45, 7) is 0. The van der Waals surface area contributed by atoms with Crippen molar-refractivity contribution in [2.45, 2.75) is 5.41 Å². The molecule has 2 nitrogen and oxygen atoms in total. The average molecular weight is 703 g/mol. The Bertz CT molecular complexity index is 3010. The summed E-state index contributed by atoms with van der Waals surface area (Å²) in [5.74, 6) is 1.72. The van der Waals surface area contributed by atoms with E-state index < -0.39 is 5.41 Å². The summed E-state index contributed by atoms with van der Waals surface area (Å²) in [6, 6.07) is 73.8. The van der Waals surface area contributed by atoms with E-state index >= 15 is 0 Å². The Hall–Kier alpha value is -7.16. The van der Waals surface area contributed by atoms with E-state index in [0.29, 0.717) is 0 Å². The Morgan fingerprint density at radius 2 is 1.00 bits per heavy atom. The molecule has 0 atom stereocenters. The Labute approximate surface area is 319 Å². The Morgan fingerprint density at radius 1 is 0.364 bits per heavy atom. The van der Waals surface area contributed by atoms with E-state index in [0.717, 1.165) is 83.3 Å². The first kappa shape index (κ1) is 31.4. The van der Waals surface area contributed by atoms with Gasteiger partial charge in [0.2, 0.25) is 0 Å². The van der Waals surface area contributed by atoms with Gasteiger partial charge in [-0.15, -0.1) is 0 Å². The topological polar surface area (TPSA) is 22.4 Å². The van der Waals surface area contributed by atoms with Crippen molar-refractivity contribution in [1.82, 2.24) is 0 Å². The largest absolute Gasteiger partial charge is 0.457 e. The number of furan rings is 1. The quantitative estimate of drug-likeness (QED) is 0.178. The molecule has 0 radical (unpaired) electrons. The summed E-state index contributed by atoms with van der Waals surface area (Å²) in [6.07, 6.45) is 0. The predicted molar refractivity (Wildman–Crippen MR) is 226 cm³/mol. The van der Waals surface area contributed by atoms with Gasteiger partial charge in [0.15, 0.2) is 0 Å². The first-order valence-electron chi connectivity index (χ1n) is 18.8. The molecule has 2 heteroatoms. The van der Waals surface area contributed by atoms with Gasteiger partial charge in [-0.05, 0) is 92.4 Å². The molecule has 0 aliphatic carbocycles. The average Bonchev–Trinajstić information content (AvgIpc) is 3.66. The van der Waals surface area contributed by atoms with Crippen LogP contribution in [0.25, 0.3) is 66.1 Å². The van der Waals surface area contributed by atoms with Gasteiger partial charge in [-0.1, -0.05) is 164 Å². The predicted octanol–water partition coefficient (Wildman–Crippen LogP) is 14.2. The molecule has 0 saturated carbocycles. The third-order valence-electron chi connectivity index (χ3n) is 11.4. The van der Waals surface area contributed by atoms with Crippen molar-refractivity contribution in [2.24, 2.45) is 0 Å². The van der Waals surface area contributed by atoms with E-state index in [1.54, 1.807) is 0 Å². The molecular weight excluding hydrogens is 669 g/mol. The summed E-state index contributed by atoms with van der Waals surface area (Å²) < 4.78 is 13.5. The molecule has 1 aromatic heterocycles. The van der Waals surface area contributed by atoms with Crippen LogP contribution >= 0.6 is 0 Å². The number of hydrogen-bond acceptors (Lipinski definition) is 2. The molecule has 11 rings (SSSR count). The van der Waals surface area contributed by atoms with E-state index in [4.69, 9.17) is 9.15 Å². The van der Waals surface area contributed by atoms with Gasteiger partial charge >= 0.3 is 0 Å². The summed E-state index contributed by atoms with van der Waals surface area (Å²) in [4.78, 5) is 0. The van der Waals surface area contributed by atoms with E-state index in [9.17, 15) is 0 Å². The van der Waals surface area contributed by atoms with Gasteiger partial charge < -0.3 is 9.15 Å². The highest BCUT2D eigenvalue weighted by Gasteiger charge is 2.45. The van der Waals surface area contributed by atoms with Gasteiger partial charge in [-0.2, -0.15) is 0 Å². The summed E-state index contributed by atoms with van der Waals surface area (Å²) in [5.41, 5.74) is 12.7. The first-order valence-corrected chi connectivity index (χ1v) is 18.8. The fraction of sp³-hybridized carbons (Fsp3) is 0.0189. The molecule has 1 aliphatic rings. The van der Waals surface area contributed by atoms with Gasteiger partial charge in [0.1, 0.15) is 22.7 Å². The number of fused-ring (bicyclic) bond motifs is 7. The Kier molecular flexibility index (Phi) is 7.11. The normalized spacial score (nSPS) is 13.0. The van der Waals surface area contributed by atoms with Crippen molar-refractivity contribution in [3.8, 4) is 44.9 Å². The molecule has 9 aromatic carbocycles. The van der Waals surface area contributed by atoms with Crippen LogP contribution in [0.15, 0.2) is 211 Å². The van der Waals surface area contributed by atoms with Crippen LogP contribution in [0, 0.1) is 0 Å². The van der Waals surface area contributed by atoms with E-state index in [1.165, 1.54) is 16.5 Å². The molecule has 0 spiro atoms. The lowest BCUT2D eigenvalue weighted by atomic mass is 9.63. The van der Waals surface area contributed by atoms with Crippen molar-refractivity contribution in [3.63, 3.8) is 0 Å². The minimum atomic E-state index is -0.565. The van der Waals surface area contributed by atoms with Crippen LogP contribution in [0.5, 0.6) is 11.5 Å². The maximum atomic E-state index is 6.89. The van der Waals surface area contributed by atoms with Gasteiger partial charge in [0.25, 0.3) is 0 Å². The highest BCUT2D eigenvalue weighted by atomic mass is 16.5. The number of hydrogen-bond donors (Lipinski definition) is 0. The van der Waals surface area contributed by atoms with Crippen molar-refractivity contribution < 1.29 is 9.15 Å². The zero-order valence-electron chi connectivity index (χ0n) is 29.9. The third-order valence-corrected chi connectivity index (χ3v) is 11.4. The van der Waals surface area contributed by atoms with Gasteiger partial charge in [0.05, 0.1) is 5.41 Å². The number of benzene rings is 9. The second-order valence-corrected chi connectivity index (χ2v) is 14.4. The van der Waals surface area contributed by atoms with Crippen LogP contribution in [-0.2, 0) is 5.41 Å². The van der Waals surface area contributed by atoms with Crippen LogP contribution in [0.2, 0.25) is 0 Å². The van der Waals surface area contributed by atoms with E-state index in [-0.39, 0.29) is 0 Å². The van der Waals surface area contributed by atoms with Crippen molar-refractivity contribution in [2.75, 3.05) is 0 Å². The summed E-state index contributed by atoms with van der Waals surface area (Å²) in [5, 5.41) is 4.54. The lowest BCUT2D eigenvalue weighted by Crippen LogP contribution is -2.34. The SMILES string of the molecule is c1ccc(-c2cc(-c3ccc4c(c3)Oc3ccccc3C4(c3ccccc3)c3ccccc3)cc(-c3cccc4oc5c6ccccc6ccc5c34)c2)cc1. The minimum absolute atomic E-state index is 0.565. The molecule has 0 saturated heterocycles. The van der Waals surface area contributed by atoms with E-state index in [2.05, 4.69) is 206 Å². The zero-order chi connectivity index (χ0) is 36.3. The molecule has 2 heterocycles. The van der Waals surface area contributed by atoms with Crippen LogP contribution in [0.4, 0.5) is 0 Å². The maximum absolute atomic E-state index is 6.89. The third kappa shape index (κ3) is 4.89. The maximum Gasteiger partial charge on any atom is 0.143 e. The molecular formula is C53H34O2. The van der Waals surface area contributed by atoms with Crippen LogP contribution < -0.4 is 4.74 Å². The molecule has 55 heavy (non-hydrogen) atoms. The lowest BCUT2D eigenvalue weighted by molar-refractivity contribution is 0.435. The van der Waals surface area contributed by atoms with Gasteiger partial charge in [0, 0.05) is 27.3 Å². The lowest BCUT2D eigenvalue weighted by Gasteiger charge is -2.41. The molecule has 0 fully saturated rings. The highest BCUT2D eigenvalue weighted by molar-refractivity contribution is 6.19. The zero-order valence-corrected chi connectivity index (χ0v) is 29.9. The van der Waals surface area contributed by atoms with Crippen LogP contribution in [0.3, 0.4) is 0 Å². The van der Waals surface area contributed by atoms with Gasteiger partial charge in [-0.25, -0.2) is 0 Å². The molecule has 1 aliphatic heterocycles. The molecule has 10 aromatic rings. The Morgan fingerprint density at radius 3 is 1.78 bits per heavy atom. The van der Waals surface area contributed by atoms with E-state index in [1.807, 2.05) is 0 Å². The number of para-hydroxylation sites is 1. The van der Waals surface area contributed by atoms with Crippen molar-refractivity contribution in [1.29, 1.82) is 0 Å². The minimum Gasteiger partial charge on any atom is -0.457 e. The van der Waals surface area contributed by atoms with Crippen molar-refractivity contribution >= 4 is 32.7 Å². The fourth-order valence-electron chi connectivity index (χ4n) is 8.93. The molecule has 258 valence electrons. The fourth-order valence-corrected chi connectivity index (χ4v) is 8.93. The van der Waals surface area contributed by atoms with Crippen LogP contribution in [-0.4, -0.2) is 0 Å². The standard InChI is InChI=1S/C53H34O2/c1-4-15-35(16-5-1)38-31-39(33-40(32-38)43-23-14-26-49-51(43)45-29-27-36-17-10-11-22-44(36)52(45)55-49)37-28-30-47-50(34-37)54-48-25-13-12-24-46(48)53(47,41-18-6-2-7-19-41)42-20-8-3-9-21-42/h1-34H. The summed E-state index contributed by atoms with van der Waals surface area (Å²) in [7, 11) is 0. The first-order chi connectivity index (χ1) is 27.3. The monoisotopic (exact) mass is 702 g/mol. The second kappa shape index (κ2) is 12.5. The van der Waals surface area contributed by atoms with Crippen LogP contribution in [0.1, 0.15) is 22.3 Å². The molecule has 0 amide bonds. The number of ether oxygens (including phenoxy) is 1. The highest BCUT2D eigenvalue weighted by Crippen LogP contribution is 2.56. The Balaban J connectivity index is 1.14. The summed E-state index contributed by atoms with van der Waals surface area (Å²) >= 11 is 0. The molecule has 0 N–H and O–H groups in total. The van der Waals surface area contributed by atoms with Gasteiger partial charge in [-0.3, -0.25) is 0 Å². The van der Waals surface area contributed by atoms with Crippen molar-refractivity contribution in [3.05, 3.63) is 229 Å². The smallest absolute Gasteiger partial charge is 0.143 e. The molecule has 0 bridgehead atoms.